The molecular formula is C26H30N4O5. The summed E-state index contributed by atoms with van der Waals surface area (Å²) in [4.78, 5) is 20.3. The summed E-state index contributed by atoms with van der Waals surface area (Å²) in [5.41, 5.74) is 2.03. The van der Waals surface area contributed by atoms with Gasteiger partial charge < -0.3 is 25.0 Å². The molecule has 35 heavy (non-hydrogen) atoms. The third kappa shape index (κ3) is 5.21. The van der Waals surface area contributed by atoms with Gasteiger partial charge in [0, 0.05) is 12.3 Å². The summed E-state index contributed by atoms with van der Waals surface area (Å²) in [7, 11) is 1.47. The van der Waals surface area contributed by atoms with Gasteiger partial charge in [0.2, 0.25) is 0 Å². The van der Waals surface area contributed by atoms with Gasteiger partial charge in [-0.3, -0.25) is 4.79 Å². The van der Waals surface area contributed by atoms with E-state index in [0.717, 1.165) is 11.1 Å². The van der Waals surface area contributed by atoms with E-state index in [1.165, 1.54) is 11.6 Å². The highest BCUT2D eigenvalue weighted by Gasteiger charge is 2.26. The van der Waals surface area contributed by atoms with Crippen molar-refractivity contribution in [2.75, 3.05) is 7.11 Å². The Morgan fingerprint density at radius 2 is 1.86 bits per heavy atom. The minimum absolute atomic E-state index is 0.00117. The Bertz CT molecular complexity index is 1360. The first-order valence-corrected chi connectivity index (χ1v) is 11.5. The zero-order chi connectivity index (χ0) is 25.1. The third-order valence-electron chi connectivity index (χ3n) is 6.21. The summed E-state index contributed by atoms with van der Waals surface area (Å²) >= 11 is 0. The van der Waals surface area contributed by atoms with Crippen LogP contribution in [0.25, 0.3) is 5.52 Å². The van der Waals surface area contributed by atoms with Crippen molar-refractivity contribution >= 4 is 5.52 Å². The van der Waals surface area contributed by atoms with Gasteiger partial charge in [-0.1, -0.05) is 36.4 Å². The number of H-pyrrole nitrogens is 1. The number of imidazole rings is 1. The molecule has 0 spiro atoms. The lowest BCUT2D eigenvalue weighted by Gasteiger charge is -2.20. The Hall–Kier alpha value is -3.69. The van der Waals surface area contributed by atoms with Crippen molar-refractivity contribution in [2.24, 2.45) is 0 Å². The molecule has 9 nitrogen and oxygen atoms in total. The Balaban J connectivity index is 1.66. The predicted molar refractivity (Wildman–Crippen MR) is 131 cm³/mol. The van der Waals surface area contributed by atoms with Crippen LogP contribution in [-0.4, -0.2) is 48.1 Å². The van der Waals surface area contributed by atoms with E-state index < -0.39 is 18.1 Å². The van der Waals surface area contributed by atoms with E-state index in [-0.39, 0.29) is 17.7 Å². The number of aliphatic hydroxyl groups is 2. The number of hydrogen-bond acceptors (Lipinski definition) is 7. The topological polar surface area (TPSA) is 133 Å². The second-order valence-electron chi connectivity index (χ2n) is 8.75. The average Bonchev–Trinajstić information content (AvgIpc) is 3.16. The van der Waals surface area contributed by atoms with Gasteiger partial charge in [0.25, 0.3) is 5.56 Å². The number of aromatic amines is 1. The van der Waals surface area contributed by atoms with Gasteiger partial charge in [-0.05, 0) is 49.9 Å². The number of phenolic OH excluding ortho intramolecular Hbond substituents is 1. The van der Waals surface area contributed by atoms with Crippen LogP contribution in [0.5, 0.6) is 11.5 Å². The number of nitrogens with zero attached hydrogens (tertiary/aromatic N) is 3. The number of aromatic nitrogens is 4. The summed E-state index contributed by atoms with van der Waals surface area (Å²) < 4.78 is 6.58. The SMILES string of the molecule is COc1ccc(Cc2nn3c([C@@H](CCC(O)c4ccccc4)[C@H](C)O)nc(C)c3c(=O)[nH]2)cc1O. The van der Waals surface area contributed by atoms with Crippen LogP contribution < -0.4 is 10.3 Å². The zero-order valence-electron chi connectivity index (χ0n) is 20.0. The highest BCUT2D eigenvalue weighted by Crippen LogP contribution is 2.30. The smallest absolute Gasteiger partial charge is 0.277 e. The third-order valence-corrected chi connectivity index (χ3v) is 6.21. The molecule has 0 amide bonds. The minimum atomic E-state index is -0.772. The van der Waals surface area contributed by atoms with Crippen LogP contribution in [0.15, 0.2) is 53.3 Å². The van der Waals surface area contributed by atoms with Crippen LogP contribution in [0.3, 0.4) is 0 Å². The van der Waals surface area contributed by atoms with Crippen molar-refractivity contribution in [3.05, 3.63) is 87.4 Å². The number of benzene rings is 2. The molecular weight excluding hydrogens is 448 g/mol. The number of hydrogen-bond donors (Lipinski definition) is 4. The fourth-order valence-electron chi connectivity index (χ4n) is 4.36. The first-order valence-electron chi connectivity index (χ1n) is 11.5. The zero-order valence-corrected chi connectivity index (χ0v) is 20.0. The molecule has 0 aliphatic carbocycles. The van der Waals surface area contributed by atoms with Gasteiger partial charge in [0.05, 0.1) is 25.0 Å². The number of aryl methyl sites for hydroxylation is 1. The average molecular weight is 479 g/mol. The predicted octanol–water partition coefficient (Wildman–Crippen LogP) is 3.01. The van der Waals surface area contributed by atoms with Crippen LogP contribution in [0.2, 0.25) is 0 Å². The van der Waals surface area contributed by atoms with Gasteiger partial charge in [0.15, 0.2) is 17.0 Å². The summed E-state index contributed by atoms with van der Waals surface area (Å²) in [5, 5.41) is 35.9. The van der Waals surface area contributed by atoms with Crippen LogP contribution in [0, 0.1) is 6.92 Å². The molecule has 0 saturated carbocycles. The second-order valence-corrected chi connectivity index (χ2v) is 8.75. The summed E-state index contributed by atoms with van der Waals surface area (Å²) in [6, 6.07) is 14.4. The van der Waals surface area contributed by atoms with E-state index >= 15 is 0 Å². The molecule has 0 saturated heterocycles. The molecule has 0 aliphatic rings. The molecule has 184 valence electrons. The Labute approximate surface area is 202 Å². The van der Waals surface area contributed by atoms with Crippen molar-refractivity contribution in [1.29, 1.82) is 0 Å². The number of nitrogens with one attached hydrogen (secondary N) is 1. The maximum Gasteiger partial charge on any atom is 0.277 e. The summed E-state index contributed by atoms with van der Waals surface area (Å²) in [5.74, 6) is 0.771. The maximum absolute atomic E-state index is 12.9. The molecule has 2 aromatic carbocycles. The van der Waals surface area contributed by atoms with E-state index in [2.05, 4.69) is 15.1 Å². The molecule has 3 atom stereocenters. The lowest BCUT2D eigenvalue weighted by molar-refractivity contribution is 0.124. The fourth-order valence-corrected chi connectivity index (χ4v) is 4.36. The van der Waals surface area contributed by atoms with Crippen LogP contribution >= 0.6 is 0 Å². The van der Waals surface area contributed by atoms with Crippen molar-refractivity contribution in [3.63, 3.8) is 0 Å². The Morgan fingerprint density at radius 3 is 2.51 bits per heavy atom. The number of methoxy groups -OCH3 is 1. The first kappa shape index (κ1) is 24.4. The minimum Gasteiger partial charge on any atom is -0.504 e. The van der Waals surface area contributed by atoms with Crippen molar-refractivity contribution in [1.82, 2.24) is 19.6 Å². The van der Waals surface area contributed by atoms with E-state index in [0.29, 0.717) is 41.5 Å². The van der Waals surface area contributed by atoms with Gasteiger partial charge in [-0.2, -0.15) is 5.10 Å². The fraction of sp³-hybridized carbons (Fsp3) is 0.346. The van der Waals surface area contributed by atoms with Crippen molar-refractivity contribution in [3.8, 4) is 11.5 Å². The largest absolute Gasteiger partial charge is 0.504 e. The lowest BCUT2D eigenvalue weighted by Crippen LogP contribution is -2.22. The monoisotopic (exact) mass is 478 g/mol. The van der Waals surface area contributed by atoms with E-state index in [1.807, 2.05) is 30.3 Å². The number of aliphatic hydroxyl groups excluding tert-OH is 2. The van der Waals surface area contributed by atoms with Gasteiger partial charge >= 0.3 is 0 Å². The van der Waals surface area contributed by atoms with Crippen molar-refractivity contribution < 1.29 is 20.1 Å². The van der Waals surface area contributed by atoms with E-state index in [1.54, 1.807) is 32.0 Å². The van der Waals surface area contributed by atoms with Crippen LogP contribution in [-0.2, 0) is 6.42 Å². The number of aromatic hydroxyl groups is 1. The molecule has 0 aliphatic heterocycles. The molecule has 4 rings (SSSR count). The van der Waals surface area contributed by atoms with E-state index in [4.69, 9.17) is 4.74 Å². The molecule has 2 aromatic heterocycles. The number of rotatable bonds is 9. The standard InChI is InChI=1S/C26H30N4O5/c1-15-24-26(34)28-23(14-17-9-12-22(35-3)21(33)13-17)29-30(24)25(27-15)19(16(2)31)10-11-20(32)18-7-5-4-6-8-18/h4-9,12-13,16,19-20,31-33H,10-11,14H2,1-3H3,(H,28,29,34)/t16-,19-,20?/m0/s1. The number of phenols is 1. The van der Waals surface area contributed by atoms with E-state index in [9.17, 15) is 20.1 Å². The highest BCUT2D eigenvalue weighted by molar-refractivity contribution is 5.50. The van der Waals surface area contributed by atoms with Gasteiger partial charge in [-0.25, -0.2) is 9.50 Å². The molecule has 0 fully saturated rings. The molecule has 9 heteroatoms. The summed E-state index contributed by atoms with van der Waals surface area (Å²) in [6.45, 7) is 3.40. The Kier molecular flexibility index (Phi) is 7.18. The van der Waals surface area contributed by atoms with Crippen molar-refractivity contribution in [2.45, 2.75) is 51.2 Å². The Morgan fingerprint density at radius 1 is 1.11 bits per heavy atom. The molecule has 0 radical (unpaired) electrons. The second kappa shape index (κ2) is 10.3. The normalized spacial score (nSPS) is 14.1. The van der Waals surface area contributed by atoms with Gasteiger partial charge in [0.1, 0.15) is 11.6 Å². The van der Waals surface area contributed by atoms with Gasteiger partial charge in [-0.15, -0.1) is 0 Å². The first-order chi connectivity index (χ1) is 16.8. The maximum atomic E-state index is 12.9. The highest BCUT2D eigenvalue weighted by atomic mass is 16.5. The molecule has 4 N–H and O–H groups in total. The van der Waals surface area contributed by atoms with Crippen LogP contribution in [0.4, 0.5) is 0 Å². The number of fused-ring (bicyclic) bond motifs is 1. The molecule has 1 unspecified atom stereocenters. The van der Waals surface area contributed by atoms with Crippen LogP contribution in [0.1, 0.15) is 60.3 Å². The molecule has 2 heterocycles. The molecule has 4 aromatic rings. The quantitative estimate of drug-likeness (QED) is 0.291. The summed E-state index contributed by atoms with van der Waals surface area (Å²) in [6.07, 6.45) is -0.326. The molecule has 0 bridgehead atoms. The number of ether oxygens (including phenoxy) is 1. The lowest BCUT2D eigenvalue weighted by atomic mass is 9.93.